The van der Waals surface area contributed by atoms with E-state index in [-0.39, 0.29) is 18.4 Å². The summed E-state index contributed by atoms with van der Waals surface area (Å²) in [6.45, 7) is 1.47. The summed E-state index contributed by atoms with van der Waals surface area (Å²) >= 11 is 3.47. The molecule has 1 fully saturated rings. The third kappa shape index (κ3) is 4.72. The summed E-state index contributed by atoms with van der Waals surface area (Å²) in [7, 11) is 0. The van der Waals surface area contributed by atoms with Gasteiger partial charge in [-0.1, -0.05) is 29.5 Å². The molecule has 6 rings (SSSR count). The molecule has 0 bridgehead atoms. The summed E-state index contributed by atoms with van der Waals surface area (Å²) in [6, 6.07) is 19.3. The highest BCUT2D eigenvalue weighted by atomic mass is 79.9. The molecule has 0 unspecified atom stereocenters. The number of piperidine rings is 1. The molecule has 1 N–H and O–H groups in total. The molecule has 3 aromatic heterocycles. The number of carbonyl (C=O) groups excluding carboxylic acids is 2. The summed E-state index contributed by atoms with van der Waals surface area (Å²) in [6.07, 6.45) is 5.29. The SMILES string of the molecule is O=C(Cn1nnc2ccccc21)Nc1ccc(C2CCN(C(=O)c3cnc4ccc(Br)cn34)CC2)cc1. The van der Waals surface area contributed by atoms with Gasteiger partial charge in [0, 0.05) is 29.4 Å². The summed E-state index contributed by atoms with van der Waals surface area (Å²) in [5, 5.41) is 11.1. The predicted molar refractivity (Wildman–Crippen MR) is 143 cm³/mol. The molecular formula is C27H24BrN7O2. The number of rotatable bonds is 5. The quantitative estimate of drug-likeness (QED) is 0.343. The van der Waals surface area contributed by atoms with Gasteiger partial charge in [0.1, 0.15) is 23.4 Å². The first-order chi connectivity index (χ1) is 18.0. The smallest absolute Gasteiger partial charge is 0.272 e. The Bertz CT molecular complexity index is 1600. The van der Waals surface area contributed by atoms with Gasteiger partial charge in [-0.2, -0.15) is 0 Å². The number of likely N-dealkylation sites (tertiary alicyclic amines) is 1. The number of benzene rings is 2. The minimum atomic E-state index is -0.158. The van der Waals surface area contributed by atoms with Gasteiger partial charge in [0.05, 0.1) is 11.7 Å². The lowest BCUT2D eigenvalue weighted by Gasteiger charge is -2.32. The number of nitrogens with one attached hydrogen (secondary N) is 1. The highest BCUT2D eigenvalue weighted by Gasteiger charge is 2.26. The number of hydrogen-bond donors (Lipinski definition) is 1. The van der Waals surface area contributed by atoms with E-state index < -0.39 is 0 Å². The maximum absolute atomic E-state index is 13.2. The van der Waals surface area contributed by atoms with Crippen LogP contribution in [0.3, 0.4) is 0 Å². The third-order valence-electron chi connectivity index (χ3n) is 6.85. The van der Waals surface area contributed by atoms with E-state index in [9.17, 15) is 9.59 Å². The predicted octanol–water partition coefficient (Wildman–Crippen LogP) is 4.50. The van der Waals surface area contributed by atoms with Gasteiger partial charge in [-0.25, -0.2) is 9.67 Å². The van der Waals surface area contributed by atoms with E-state index in [1.54, 1.807) is 10.9 Å². The van der Waals surface area contributed by atoms with Crippen LogP contribution in [0.4, 0.5) is 5.69 Å². The van der Waals surface area contributed by atoms with Crippen LogP contribution < -0.4 is 5.32 Å². The van der Waals surface area contributed by atoms with Crippen molar-refractivity contribution in [3.63, 3.8) is 0 Å². The Morgan fingerprint density at radius 2 is 1.78 bits per heavy atom. The topological polar surface area (TPSA) is 97.4 Å². The van der Waals surface area contributed by atoms with E-state index in [1.807, 2.05) is 64.0 Å². The summed E-state index contributed by atoms with van der Waals surface area (Å²) < 4.78 is 4.33. The van der Waals surface area contributed by atoms with Crippen molar-refractivity contribution in [3.05, 3.63) is 88.8 Å². The molecule has 0 radical (unpaired) electrons. The van der Waals surface area contributed by atoms with Crippen molar-refractivity contribution in [2.24, 2.45) is 0 Å². The van der Waals surface area contributed by atoms with Gasteiger partial charge in [0.15, 0.2) is 0 Å². The van der Waals surface area contributed by atoms with Crippen LogP contribution >= 0.6 is 15.9 Å². The molecule has 0 saturated carbocycles. The number of halogens is 1. The fourth-order valence-corrected chi connectivity index (χ4v) is 5.24. The summed E-state index contributed by atoms with van der Waals surface area (Å²) in [5.41, 5.74) is 4.87. The molecule has 37 heavy (non-hydrogen) atoms. The summed E-state index contributed by atoms with van der Waals surface area (Å²) in [5.74, 6) is 0.212. The van der Waals surface area contributed by atoms with E-state index in [2.05, 4.69) is 48.7 Å². The molecule has 1 saturated heterocycles. The Hall–Kier alpha value is -4.05. The summed E-state index contributed by atoms with van der Waals surface area (Å²) in [4.78, 5) is 32.0. The van der Waals surface area contributed by atoms with Gasteiger partial charge >= 0.3 is 0 Å². The van der Waals surface area contributed by atoms with Gasteiger partial charge in [-0.15, -0.1) is 5.10 Å². The van der Waals surface area contributed by atoms with Gasteiger partial charge in [-0.05, 0) is 76.7 Å². The number of anilines is 1. The zero-order valence-electron chi connectivity index (χ0n) is 19.9. The van der Waals surface area contributed by atoms with Crippen LogP contribution in [0.2, 0.25) is 0 Å². The van der Waals surface area contributed by atoms with Crippen LogP contribution in [-0.4, -0.2) is 54.2 Å². The average molecular weight is 558 g/mol. The molecule has 2 amide bonds. The minimum Gasteiger partial charge on any atom is -0.337 e. The first kappa shape index (κ1) is 23.4. The molecule has 10 heteroatoms. The number of fused-ring (bicyclic) bond motifs is 2. The zero-order valence-corrected chi connectivity index (χ0v) is 21.5. The molecular weight excluding hydrogens is 534 g/mol. The van der Waals surface area contributed by atoms with Crippen LogP contribution in [0.25, 0.3) is 16.7 Å². The maximum Gasteiger partial charge on any atom is 0.272 e. The molecule has 1 aliphatic heterocycles. The number of amides is 2. The van der Waals surface area contributed by atoms with Gasteiger partial charge in [-0.3, -0.25) is 14.0 Å². The Balaban J connectivity index is 1.05. The van der Waals surface area contributed by atoms with Gasteiger partial charge in [0.25, 0.3) is 5.91 Å². The van der Waals surface area contributed by atoms with Crippen molar-refractivity contribution in [1.82, 2.24) is 29.3 Å². The molecule has 186 valence electrons. The standard InChI is InChI=1S/C27H24BrN7O2/c28-20-7-10-25-29-15-24(34(25)16-20)27(37)33-13-11-19(12-14-33)18-5-8-21(9-6-18)30-26(36)17-35-23-4-2-1-3-22(23)31-32-35/h1-10,15-16,19H,11-14,17H2,(H,30,36). The number of para-hydroxylation sites is 1. The van der Waals surface area contributed by atoms with Crippen LogP contribution in [0.15, 0.2) is 77.5 Å². The first-order valence-electron chi connectivity index (χ1n) is 12.1. The number of imidazole rings is 1. The first-order valence-corrected chi connectivity index (χ1v) is 12.9. The second-order valence-corrected chi connectivity index (χ2v) is 10.1. The zero-order chi connectivity index (χ0) is 25.4. The molecule has 0 atom stereocenters. The number of aromatic nitrogens is 5. The van der Waals surface area contributed by atoms with Crippen molar-refractivity contribution in [2.75, 3.05) is 18.4 Å². The molecule has 2 aromatic carbocycles. The lowest BCUT2D eigenvalue weighted by Crippen LogP contribution is -2.38. The fourth-order valence-electron chi connectivity index (χ4n) is 4.90. The van der Waals surface area contributed by atoms with E-state index in [0.29, 0.717) is 24.7 Å². The fraction of sp³-hybridized carbons (Fsp3) is 0.222. The number of carbonyl (C=O) groups is 2. The molecule has 1 aliphatic rings. The Morgan fingerprint density at radius 3 is 2.59 bits per heavy atom. The van der Waals surface area contributed by atoms with Crippen molar-refractivity contribution in [3.8, 4) is 0 Å². The average Bonchev–Trinajstić information content (AvgIpc) is 3.53. The van der Waals surface area contributed by atoms with Crippen LogP contribution in [0, 0.1) is 0 Å². The second kappa shape index (κ2) is 9.78. The van der Waals surface area contributed by atoms with E-state index in [4.69, 9.17) is 0 Å². The van der Waals surface area contributed by atoms with Crippen molar-refractivity contribution in [1.29, 1.82) is 0 Å². The highest BCUT2D eigenvalue weighted by Crippen LogP contribution is 2.30. The van der Waals surface area contributed by atoms with E-state index in [0.717, 1.165) is 39.7 Å². The maximum atomic E-state index is 13.2. The van der Waals surface area contributed by atoms with E-state index in [1.165, 1.54) is 5.56 Å². The van der Waals surface area contributed by atoms with Gasteiger partial charge in [0.2, 0.25) is 5.91 Å². The van der Waals surface area contributed by atoms with Gasteiger partial charge < -0.3 is 10.2 Å². The normalized spacial score (nSPS) is 14.4. The number of hydrogen-bond acceptors (Lipinski definition) is 5. The monoisotopic (exact) mass is 557 g/mol. The largest absolute Gasteiger partial charge is 0.337 e. The molecule has 5 aromatic rings. The Kier molecular flexibility index (Phi) is 6.17. The molecule has 0 aliphatic carbocycles. The van der Waals surface area contributed by atoms with E-state index >= 15 is 0 Å². The number of pyridine rings is 1. The molecule has 0 spiro atoms. The highest BCUT2D eigenvalue weighted by molar-refractivity contribution is 9.10. The Labute approximate surface area is 221 Å². The van der Waals surface area contributed by atoms with Crippen molar-refractivity contribution in [2.45, 2.75) is 25.3 Å². The second-order valence-electron chi connectivity index (χ2n) is 9.19. The van der Waals surface area contributed by atoms with Crippen LogP contribution in [-0.2, 0) is 11.3 Å². The molecule has 9 nitrogen and oxygen atoms in total. The van der Waals surface area contributed by atoms with Crippen LogP contribution in [0.1, 0.15) is 34.8 Å². The lowest BCUT2D eigenvalue weighted by molar-refractivity contribution is -0.116. The lowest BCUT2D eigenvalue weighted by atomic mass is 9.89. The molecule has 4 heterocycles. The van der Waals surface area contributed by atoms with Crippen LogP contribution in [0.5, 0.6) is 0 Å². The Morgan fingerprint density at radius 1 is 1.00 bits per heavy atom. The van der Waals surface area contributed by atoms with Crippen molar-refractivity contribution >= 4 is 50.1 Å². The van der Waals surface area contributed by atoms with Crippen molar-refractivity contribution < 1.29 is 9.59 Å². The third-order valence-corrected chi connectivity index (χ3v) is 7.32. The minimum absolute atomic E-state index is 0.00210. The number of nitrogens with zero attached hydrogens (tertiary/aromatic N) is 6.